The van der Waals surface area contributed by atoms with Crippen LogP contribution in [0.1, 0.15) is 32.6 Å². The molecule has 1 saturated carbocycles. The smallest absolute Gasteiger partial charge is 0.277 e. The molecule has 1 heterocycles. The van der Waals surface area contributed by atoms with Crippen LogP contribution in [-0.2, 0) is 4.79 Å². The number of rotatable bonds is 5. The summed E-state index contributed by atoms with van der Waals surface area (Å²) in [4.78, 5) is 12.1. The standard InChI is InChI=1S/C17H20ClN3O2S/c1-11-5-2-3-8-14(11)19-15(22)10-24-17-21-20-16(23-17)12-6-4-7-13(18)9-12/h4,6-7,9,11,14H,2-3,5,8,10H2,1H3,(H,19,22)/t11-,14-/m0/s1. The van der Waals surface area contributed by atoms with Crippen LogP contribution in [0.15, 0.2) is 33.9 Å². The Hall–Kier alpha value is -1.53. The van der Waals surface area contributed by atoms with Crippen molar-refractivity contribution in [3.63, 3.8) is 0 Å². The van der Waals surface area contributed by atoms with Crippen LogP contribution in [0.3, 0.4) is 0 Å². The number of halogens is 1. The first-order valence-electron chi connectivity index (χ1n) is 8.13. The van der Waals surface area contributed by atoms with Gasteiger partial charge >= 0.3 is 0 Å². The van der Waals surface area contributed by atoms with Crippen LogP contribution >= 0.6 is 23.4 Å². The second-order valence-corrected chi connectivity index (χ2v) is 7.47. The van der Waals surface area contributed by atoms with Gasteiger partial charge in [-0.2, -0.15) is 0 Å². The molecular formula is C17H20ClN3O2S. The second kappa shape index (κ2) is 8.03. The number of nitrogens with one attached hydrogen (secondary N) is 1. The second-order valence-electron chi connectivity index (χ2n) is 6.11. The van der Waals surface area contributed by atoms with Crippen LogP contribution in [0.5, 0.6) is 0 Å². The van der Waals surface area contributed by atoms with Crippen molar-refractivity contribution < 1.29 is 9.21 Å². The molecule has 1 fully saturated rings. The van der Waals surface area contributed by atoms with E-state index in [1.54, 1.807) is 12.1 Å². The van der Waals surface area contributed by atoms with Crippen molar-refractivity contribution in [2.45, 2.75) is 43.9 Å². The highest BCUT2D eigenvalue weighted by Gasteiger charge is 2.23. The maximum atomic E-state index is 12.1. The van der Waals surface area contributed by atoms with Crippen LogP contribution in [0.2, 0.25) is 5.02 Å². The fourth-order valence-corrected chi connectivity index (χ4v) is 3.68. The van der Waals surface area contributed by atoms with Crippen LogP contribution in [0.4, 0.5) is 0 Å². The number of amides is 1. The summed E-state index contributed by atoms with van der Waals surface area (Å²) in [7, 11) is 0. The van der Waals surface area contributed by atoms with E-state index in [1.165, 1.54) is 31.0 Å². The molecule has 5 nitrogen and oxygen atoms in total. The number of carbonyl (C=O) groups excluding carboxylic acids is 1. The average molecular weight is 366 g/mol. The monoisotopic (exact) mass is 365 g/mol. The Bertz CT molecular complexity index is 707. The van der Waals surface area contributed by atoms with E-state index in [4.69, 9.17) is 16.0 Å². The lowest BCUT2D eigenvalue weighted by atomic mass is 9.86. The van der Waals surface area contributed by atoms with E-state index in [1.807, 2.05) is 12.1 Å². The molecule has 1 aromatic carbocycles. The predicted molar refractivity (Wildman–Crippen MR) is 95.0 cm³/mol. The number of nitrogens with zero attached hydrogens (tertiary/aromatic N) is 2. The number of hydrogen-bond acceptors (Lipinski definition) is 5. The van der Waals surface area contributed by atoms with Gasteiger partial charge in [-0.15, -0.1) is 10.2 Å². The van der Waals surface area contributed by atoms with Crippen molar-refractivity contribution in [1.82, 2.24) is 15.5 Å². The summed E-state index contributed by atoms with van der Waals surface area (Å²) in [5, 5.41) is 12.1. The first-order chi connectivity index (χ1) is 11.6. The van der Waals surface area contributed by atoms with E-state index in [0.29, 0.717) is 22.1 Å². The van der Waals surface area contributed by atoms with Gasteiger partial charge < -0.3 is 9.73 Å². The minimum Gasteiger partial charge on any atom is -0.411 e. The van der Waals surface area contributed by atoms with Crippen LogP contribution in [0.25, 0.3) is 11.5 Å². The first kappa shape index (κ1) is 17.3. The topological polar surface area (TPSA) is 68.0 Å². The van der Waals surface area contributed by atoms with Gasteiger partial charge in [-0.25, -0.2) is 0 Å². The van der Waals surface area contributed by atoms with Crippen molar-refractivity contribution in [2.75, 3.05) is 5.75 Å². The summed E-state index contributed by atoms with van der Waals surface area (Å²) < 4.78 is 5.59. The molecule has 2 aromatic rings. The summed E-state index contributed by atoms with van der Waals surface area (Å²) in [6, 6.07) is 7.52. The normalized spacial score (nSPS) is 20.8. The highest BCUT2D eigenvalue weighted by atomic mass is 35.5. The molecule has 0 spiro atoms. The van der Waals surface area contributed by atoms with E-state index in [0.717, 1.165) is 12.0 Å². The predicted octanol–water partition coefficient (Wildman–Crippen LogP) is 4.18. The van der Waals surface area contributed by atoms with Gasteiger partial charge in [0.25, 0.3) is 5.22 Å². The lowest BCUT2D eigenvalue weighted by molar-refractivity contribution is -0.119. The minimum atomic E-state index is 0.0151. The lowest BCUT2D eigenvalue weighted by Gasteiger charge is -2.29. The van der Waals surface area contributed by atoms with Gasteiger partial charge in [0.05, 0.1) is 5.75 Å². The molecule has 1 N–H and O–H groups in total. The van der Waals surface area contributed by atoms with Gasteiger partial charge in [-0.3, -0.25) is 4.79 Å². The summed E-state index contributed by atoms with van der Waals surface area (Å²) in [5.74, 6) is 1.24. The van der Waals surface area contributed by atoms with Crippen LogP contribution in [-0.4, -0.2) is 27.9 Å². The SMILES string of the molecule is C[C@H]1CCCC[C@@H]1NC(=O)CSc1nnc(-c2cccc(Cl)c2)o1. The summed E-state index contributed by atoms with van der Waals surface area (Å²) in [6.45, 7) is 2.20. The molecule has 0 aliphatic heterocycles. The number of carbonyl (C=O) groups is 1. The zero-order chi connectivity index (χ0) is 16.9. The maximum absolute atomic E-state index is 12.1. The quantitative estimate of drug-likeness (QED) is 0.805. The molecule has 3 rings (SSSR count). The highest BCUT2D eigenvalue weighted by molar-refractivity contribution is 7.99. The summed E-state index contributed by atoms with van der Waals surface area (Å²) in [5.41, 5.74) is 0.766. The molecule has 7 heteroatoms. The Kier molecular flexibility index (Phi) is 5.79. The van der Waals surface area contributed by atoms with Crippen molar-refractivity contribution in [2.24, 2.45) is 5.92 Å². The van der Waals surface area contributed by atoms with Gasteiger partial charge in [0.15, 0.2) is 0 Å². The van der Waals surface area contributed by atoms with E-state index in [-0.39, 0.29) is 17.7 Å². The third-order valence-corrected chi connectivity index (χ3v) is 5.32. The Morgan fingerprint density at radius 1 is 1.38 bits per heavy atom. The molecule has 1 aliphatic rings. The van der Waals surface area contributed by atoms with Crippen molar-refractivity contribution in [3.05, 3.63) is 29.3 Å². The molecule has 2 atom stereocenters. The van der Waals surface area contributed by atoms with Crippen molar-refractivity contribution in [3.8, 4) is 11.5 Å². The molecule has 0 saturated heterocycles. The molecule has 0 bridgehead atoms. The van der Waals surface area contributed by atoms with Crippen LogP contribution in [0, 0.1) is 5.92 Å². The lowest BCUT2D eigenvalue weighted by Crippen LogP contribution is -2.41. The molecule has 0 radical (unpaired) electrons. The largest absolute Gasteiger partial charge is 0.411 e. The van der Waals surface area contributed by atoms with Gasteiger partial charge in [0.2, 0.25) is 11.8 Å². The summed E-state index contributed by atoms with van der Waals surface area (Å²) in [6.07, 6.45) is 4.70. The molecule has 24 heavy (non-hydrogen) atoms. The van der Waals surface area contributed by atoms with Crippen molar-refractivity contribution >= 4 is 29.3 Å². The highest BCUT2D eigenvalue weighted by Crippen LogP contribution is 2.26. The molecule has 1 amide bonds. The fraction of sp³-hybridized carbons (Fsp3) is 0.471. The molecule has 1 aromatic heterocycles. The zero-order valence-corrected chi connectivity index (χ0v) is 15.1. The number of aromatic nitrogens is 2. The Morgan fingerprint density at radius 3 is 3.00 bits per heavy atom. The third-order valence-electron chi connectivity index (χ3n) is 4.26. The molecular weight excluding hydrogens is 346 g/mol. The number of thioether (sulfide) groups is 1. The summed E-state index contributed by atoms with van der Waals surface area (Å²) >= 11 is 7.21. The van der Waals surface area contributed by atoms with Gasteiger partial charge in [0, 0.05) is 16.6 Å². The molecule has 1 aliphatic carbocycles. The average Bonchev–Trinajstić information content (AvgIpc) is 3.04. The molecule has 128 valence electrons. The van der Waals surface area contributed by atoms with E-state index < -0.39 is 0 Å². The van der Waals surface area contributed by atoms with E-state index >= 15 is 0 Å². The minimum absolute atomic E-state index is 0.0151. The van der Waals surface area contributed by atoms with Crippen molar-refractivity contribution in [1.29, 1.82) is 0 Å². The van der Waals surface area contributed by atoms with Crippen LogP contribution < -0.4 is 5.32 Å². The van der Waals surface area contributed by atoms with Gasteiger partial charge in [-0.1, -0.05) is 49.2 Å². The number of benzene rings is 1. The Balaban J connectivity index is 1.52. The Labute approximate surface area is 150 Å². The third kappa shape index (κ3) is 4.51. The zero-order valence-electron chi connectivity index (χ0n) is 13.5. The fourth-order valence-electron chi connectivity index (χ4n) is 2.91. The van der Waals surface area contributed by atoms with E-state index in [2.05, 4.69) is 22.4 Å². The van der Waals surface area contributed by atoms with Gasteiger partial charge in [0.1, 0.15) is 0 Å². The van der Waals surface area contributed by atoms with Gasteiger partial charge in [-0.05, 0) is 37.0 Å². The molecule has 0 unspecified atom stereocenters. The maximum Gasteiger partial charge on any atom is 0.277 e. The first-order valence-corrected chi connectivity index (χ1v) is 9.50. The van der Waals surface area contributed by atoms with E-state index in [9.17, 15) is 4.79 Å². The Morgan fingerprint density at radius 2 is 2.21 bits per heavy atom. The number of hydrogen-bond donors (Lipinski definition) is 1.